The molecular formula is C22H22BrN5O2. The van der Waals surface area contributed by atoms with Gasteiger partial charge in [-0.1, -0.05) is 12.1 Å². The van der Waals surface area contributed by atoms with Crippen molar-refractivity contribution < 1.29 is 9.84 Å². The molecule has 7 nitrogen and oxygen atoms in total. The summed E-state index contributed by atoms with van der Waals surface area (Å²) in [4.78, 5) is 13.1. The van der Waals surface area contributed by atoms with E-state index in [-0.39, 0.29) is 6.10 Å². The van der Waals surface area contributed by atoms with E-state index in [1.54, 1.807) is 6.33 Å². The van der Waals surface area contributed by atoms with Gasteiger partial charge < -0.3 is 20.1 Å². The van der Waals surface area contributed by atoms with Crippen molar-refractivity contribution in [2.45, 2.75) is 44.6 Å². The van der Waals surface area contributed by atoms with Gasteiger partial charge >= 0.3 is 0 Å². The predicted octanol–water partition coefficient (Wildman–Crippen LogP) is 3.87. The Bertz CT molecular complexity index is 1190. The summed E-state index contributed by atoms with van der Waals surface area (Å²) >= 11 is 3.42. The number of anilines is 1. The van der Waals surface area contributed by atoms with Gasteiger partial charge in [0.2, 0.25) is 0 Å². The summed E-state index contributed by atoms with van der Waals surface area (Å²) in [5, 5.41) is 11.7. The van der Waals surface area contributed by atoms with Crippen molar-refractivity contribution in [1.29, 1.82) is 0 Å². The van der Waals surface area contributed by atoms with Gasteiger partial charge in [0, 0.05) is 18.0 Å². The summed E-state index contributed by atoms with van der Waals surface area (Å²) < 4.78 is 8.92. The van der Waals surface area contributed by atoms with Gasteiger partial charge in [-0.25, -0.2) is 15.0 Å². The SMILES string of the molecule is Cc1ccn([C@@H]2O[C@H](CCc3ccc4cc(Br)c(N)nc4c3)C[C@H]2O)c2ncnc1-2. The van der Waals surface area contributed by atoms with Crippen LogP contribution in [0.15, 0.2) is 47.3 Å². The molecule has 0 saturated carbocycles. The Labute approximate surface area is 182 Å². The number of hydrogen-bond donors (Lipinski definition) is 2. The van der Waals surface area contributed by atoms with E-state index in [4.69, 9.17) is 10.5 Å². The molecular weight excluding hydrogens is 446 g/mol. The van der Waals surface area contributed by atoms with Gasteiger partial charge in [-0.3, -0.25) is 0 Å². The third-order valence-electron chi connectivity index (χ3n) is 5.74. The van der Waals surface area contributed by atoms with Crippen molar-refractivity contribution in [2.75, 3.05) is 5.73 Å². The lowest BCUT2D eigenvalue weighted by Gasteiger charge is -2.21. The summed E-state index contributed by atoms with van der Waals surface area (Å²) in [5.41, 5.74) is 9.87. The third kappa shape index (κ3) is 3.45. The van der Waals surface area contributed by atoms with E-state index in [2.05, 4.69) is 49.1 Å². The molecule has 3 aliphatic heterocycles. The van der Waals surface area contributed by atoms with Crippen LogP contribution in [0.3, 0.4) is 0 Å². The number of nitrogens with zero attached hydrogens (tertiary/aromatic N) is 4. The van der Waals surface area contributed by atoms with E-state index in [0.717, 1.165) is 45.3 Å². The fourth-order valence-corrected chi connectivity index (χ4v) is 4.46. The first-order valence-electron chi connectivity index (χ1n) is 9.96. The molecule has 4 heterocycles. The Morgan fingerprint density at radius 2 is 2.13 bits per heavy atom. The molecule has 3 N–H and O–H groups in total. The van der Waals surface area contributed by atoms with Crippen LogP contribution >= 0.6 is 15.9 Å². The number of nitrogens with two attached hydrogens (primary N) is 1. The summed E-state index contributed by atoms with van der Waals surface area (Å²) in [6.07, 6.45) is 4.63. The molecule has 5 rings (SSSR count). The number of aliphatic hydroxyl groups is 1. The first kappa shape index (κ1) is 19.4. The topological polar surface area (TPSA) is 99.1 Å². The zero-order chi connectivity index (χ0) is 20.8. The van der Waals surface area contributed by atoms with Crippen molar-refractivity contribution in [1.82, 2.24) is 19.5 Å². The highest BCUT2D eigenvalue weighted by Crippen LogP contribution is 2.35. The molecule has 0 radical (unpaired) electrons. The first-order chi connectivity index (χ1) is 14.5. The lowest BCUT2D eigenvalue weighted by Crippen LogP contribution is -2.21. The number of nitrogen functional groups attached to an aromatic ring is 1. The van der Waals surface area contributed by atoms with Crippen LogP contribution in [-0.4, -0.2) is 36.8 Å². The molecule has 1 saturated heterocycles. The van der Waals surface area contributed by atoms with E-state index in [9.17, 15) is 5.11 Å². The molecule has 30 heavy (non-hydrogen) atoms. The van der Waals surface area contributed by atoms with Crippen molar-refractivity contribution >= 4 is 32.7 Å². The van der Waals surface area contributed by atoms with E-state index in [1.165, 1.54) is 5.56 Å². The Morgan fingerprint density at radius 3 is 3.00 bits per heavy atom. The molecule has 0 aliphatic carbocycles. The number of pyridine rings is 2. The van der Waals surface area contributed by atoms with Crippen molar-refractivity contribution in [3.8, 4) is 11.5 Å². The molecule has 1 aromatic heterocycles. The summed E-state index contributed by atoms with van der Waals surface area (Å²) in [6.45, 7) is 2.00. The van der Waals surface area contributed by atoms with Gasteiger partial charge in [-0.05, 0) is 65.0 Å². The molecule has 3 aliphatic rings. The van der Waals surface area contributed by atoms with Gasteiger partial charge in [0.25, 0.3) is 0 Å². The molecule has 2 aromatic rings. The highest BCUT2D eigenvalue weighted by atomic mass is 79.9. The monoisotopic (exact) mass is 467 g/mol. The second kappa shape index (κ2) is 7.61. The highest BCUT2D eigenvalue weighted by molar-refractivity contribution is 9.10. The average molecular weight is 468 g/mol. The number of aryl methyl sites for hydroxylation is 2. The van der Waals surface area contributed by atoms with Crippen molar-refractivity contribution in [3.05, 3.63) is 58.5 Å². The summed E-state index contributed by atoms with van der Waals surface area (Å²) in [6, 6.07) is 10.2. The van der Waals surface area contributed by atoms with E-state index < -0.39 is 12.3 Å². The summed E-state index contributed by atoms with van der Waals surface area (Å²) in [5.74, 6) is 1.23. The number of aliphatic hydroxyl groups excluding tert-OH is 1. The van der Waals surface area contributed by atoms with Crippen LogP contribution in [0.1, 0.15) is 30.2 Å². The molecule has 0 amide bonds. The highest BCUT2D eigenvalue weighted by Gasteiger charge is 2.36. The van der Waals surface area contributed by atoms with Crippen LogP contribution in [0.2, 0.25) is 0 Å². The molecule has 154 valence electrons. The first-order valence-corrected chi connectivity index (χ1v) is 10.8. The van der Waals surface area contributed by atoms with Crippen LogP contribution in [-0.2, 0) is 11.2 Å². The number of benzene rings is 1. The van der Waals surface area contributed by atoms with Crippen LogP contribution in [0.25, 0.3) is 22.4 Å². The number of fused-ring (bicyclic) bond motifs is 2. The molecule has 0 bridgehead atoms. The number of halogens is 1. The zero-order valence-corrected chi connectivity index (χ0v) is 18.1. The number of imidazole rings is 1. The molecule has 3 atom stereocenters. The minimum atomic E-state index is -0.585. The van der Waals surface area contributed by atoms with Crippen LogP contribution in [0, 0.1) is 6.92 Å². The Kier molecular flexibility index (Phi) is 4.92. The Morgan fingerprint density at radius 1 is 1.27 bits per heavy atom. The number of rotatable bonds is 4. The predicted molar refractivity (Wildman–Crippen MR) is 118 cm³/mol. The Balaban J connectivity index is 1.30. The number of hydrogen-bond acceptors (Lipinski definition) is 6. The lowest BCUT2D eigenvalue weighted by molar-refractivity contribution is -0.0384. The maximum Gasteiger partial charge on any atom is 0.162 e. The van der Waals surface area contributed by atoms with Crippen molar-refractivity contribution in [3.63, 3.8) is 0 Å². The molecule has 0 unspecified atom stereocenters. The van der Waals surface area contributed by atoms with E-state index in [0.29, 0.717) is 12.2 Å². The fourth-order valence-electron chi connectivity index (χ4n) is 4.13. The molecule has 1 fully saturated rings. The summed E-state index contributed by atoms with van der Waals surface area (Å²) in [7, 11) is 0. The minimum absolute atomic E-state index is 0.0320. The smallest absolute Gasteiger partial charge is 0.162 e. The maximum atomic E-state index is 10.7. The van der Waals surface area contributed by atoms with E-state index in [1.807, 2.05) is 29.8 Å². The molecule has 8 heteroatoms. The van der Waals surface area contributed by atoms with Gasteiger partial charge in [0.05, 0.1) is 16.1 Å². The zero-order valence-electron chi connectivity index (χ0n) is 16.5. The number of ether oxygens (including phenoxy) is 1. The van der Waals surface area contributed by atoms with Crippen molar-refractivity contribution in [2.24, 2.45) is 0 Å². The van der Waals surface area contributed by atoms with Crippen LogP contribution in [0.5, 0.6) is 0 Å². The standard InChI is InChI=1S/C22H22BrN5O2/c1-12-6-7-28(21-19(12)25-11-26-21)22-18(29)10-15(30-22)5-3-13-2-4-14-9-16(23)20(24)27-17(14)8-13/h2,4,6-9,11,15,18,22,29H,3,5,10H2,1H3,(H2,24,27)/t15-,18-,22-/m1/s1. The van der Waals surface area contributed by atoms with E-state index >= 15 is 0 Å². The van der Waals surface area contributed by atoms with Gasteiger partial charge in [-0.2, -0.15) is 0 Å². The average Bonchev–Trinajstić information content (AvgIpc) is 3.35. The van der Waals surface area contributed by atoms with Crippen LogP contribution in [0.4, 0.5) is 5.82 Å². The maximum absolute atomic E-state index is 10.7. The number of aromatic nitrogens is 4. The quantitative estimate of drug-likeness (QED) is 0.472. The van der Waals surface area contributed by atoms with Gasteiger partial charge in [-0.15, -0.1) is 0 Å². The van der Waals surface area contributed by atoms with Gasteiger partial charge in [0.1, 0.15) is 23.9 Å². The second-order valence-corrected chi connectivity index (χ2v) is 8.68. The minimum Gasteiger partial charge on any atom is -0.388 e. The normalized spacial score (nSPS) is 21.6. The second-order valence-electron chi connectivity index (χ2n) is 7.82. The lowest BCUT2D eigenvalue weighted by atomic mass is 10.0. The largest absolute Gasteiger partial charge is 0.388 e. The van der Waals surface area contributed by atoms with Gasteiger partial charge in [0.15, 0.2) is 12.1 Å². The van der Waals surface area contributed by atoms with Crippen LogP contribution < -0.4 is 5.73 Å². The fraction of sp³-hybridized carbons (Fsp3) is 0.318. The molecule has 1 aromatic carbocycles. The Hall–Kier alpha value is -2.55. The third-order valence-corrected chi connectivity index (χ3v) is 6.37. The molecule has 0 spiro atoms.